The molecule has 5 nitrogen and oxygen atoms in total. The zero-order valence-corrected chi connectivity index (χ0v) is 11.4. The van der Waals surface area contributed by atoms with Crippen molar-refractivity contribution >= 4 is 6.03 Å². The van der Waals surface area contributed by atoms with E-state index in [2.05, 4.69) is 0 Å². The summed E-state index contributed by atoms with van der Waals surface area (Å²) >= 11 is 0. The van der Waals surface area contributed by atoms with E-state index in [1.54, 1.807) is 25.1 Å². The summed E-state index contributed by atoms with van der Waals surface area (Å²) in [5, 5.41) is 0. The molecule has 1 aromatic rings. The molecule has 1 aromatic heterocycles. The monoisotopic (exact) mass is 261 g/mol. The van der Waals surface area contributed by atoms with Crippen LogP contribution in [0.5, 0.6) is 0 Å². The van der Waals surface area contributed by atoms with Gasteiger partial charge in [-0.25, -0.2) is 4.79 Å². The number of piperidine rings is 1. The zero-order valence-electron chi connectivity index (χ0n) is 11.4. The van der Waals surface area contributed by atoms with Gasteiger partial charge in [0, 0.05) is 51.4 Å². The molecule has 2 atom stereocenters. The second kappa shape index (κ2) is 4.40. The number of hydrogen-bond donors (Lipinski definition) is 0. The highest BCUT2D eigenvalue weighted by Gasteiger charge is 2.36. The van der Waals surface area contributed by atoms with Gasteiger partial charge in [-0.05, 0) is 18.4 Å². The van der Waals surface area contributed by atoms with Crippen LogP contribution in [0.4, 0.5) is 4.79 Å². The number of likely N-dealkylation sites (tertiary alicyclic amines) is 1. The van der Waals surface area contributed by atoms with E-state index in [0.29, 0.717) is 11.8 Å². The number of nitrogens with zero attached hydrogens (tertiary/aromatic N) is 3. The fourth-order valence-electron chi connectivity index (χ4n) is 3.34. The lowest BCUT2D eigenvalue weighted by Gasteiger charge is -2.43. The summed E-state index contributed by atoms with van der Waals surface area (Å²) in [4.78, 5) is 27.5. The minimum absolute atomic E-state index is 0.0708. The maximum absolute atomic E-state index is 12.1. The molecule has 1 fully saturated rings. The molecule has 3 heterocycles. The van der Waals surface area contributed by atoms with Crippen LogP contribution in [0.1, 0.15) is 18.0 Å². The summed E-state index contributed by atoms with van der Waals surface area (Å²) in [6.07, 6.45) is 1.08. The average molecular weight is 261 g/mol. The van der Waals surface area contributed by atoms with Gasteiger partial charge >= 0.3 is 6.03 Å². The predicted octanol–water partition coefficient (Wildman–Crippen LogP) is 0.949. The van der Waals surface area contributed by atoms with E-state index < -0.39 is 0 Å². The minimum Gasteiger partial charge on any atom is -0.331 e. The Morgan fingerprint density at radius 3 is 2.79 bits per heavy atom. The SMILES string of the molecule is CN(C)C(=O)N1C[C@@H]2C[C@H](C1)c1cccc(=O)n1C2. The van der Waals surface area contributed by atoms with Crippen LogP contribution in [-0.4, -0.2) is 47.6 Å². The second-order valence-corrected chi connectivity index (χ2v) is 5.78. The number of rotatable bonds is 0. The standard InChI is InChI=1S/C14H19N3O2/c1-15(2)14(19)16-7-10-6-11(9-16)12-4-3-5-13(18)17(12)8-10/h3-5,10-11H,6-9H2,1-2H3/t10-,11+/m0/s1. The van der Waals surface area contributed by atoms with Gasteiger partial charge in [-0.3, -0.25) is 4.79 Å². The first-order valence-corrected chi connectivity index (χ1v) is 6.72. The van der Waals surface area contributed by atoms with Crippen molar-refractivity contribution in [1.82, 2.24) is 14.4 Å². The van der Waals surface area contributed by atoms with Gasteiger partial charge in [-0.15, -0.1) is 0 Å². The Labute approximate surface area is 112 Å². The molecular formula is C14H19N3O2. The molecule has 0 aliphatic carbocycles. The summed E-state index contributed by atoms with van der Waals surface area (Å²) in [6, 6.07) is 5.53. The fourth-order valence-corrected chi connectivity index (χ4v) is 3.34. The first-order chi connectivity index (χ1) is 9.06. The lowest BCUT2D eigenvalue weighted by molar-refractivity contribution is 0.115. The van der Waals surface area contributed by atoms with Gasteiger partial charge in [-0.1, -0.05) is 6.07 Å². The van der Waals surface area contributed by atoms with E-state index in [-0.39, 0.29) is 11.6 Å². The van der Waals surface area contributed by atoms with E-state index in [1.165, 1.54) is 0 Å². The number of urea groups is 1. The average Bonchev–Trinajstić information content (AvgIpc) is 2.39. The van der Waals surface area contributed by atoms with Crippen molar-refractivity contribution < 1.29 is 4.79 Å². The molecule has 0 spiro atoms. The Bertz CT molecular complexity index is 564. The number of carbonyl (C=O) groups excluding carboxylic acids is 1. The Balaban J connectivity index is 1.92. The predicted molar refractivity (Wildman–Crippen MR) is 72.2 cm³/mol. The third kappa shape index (κ3) is 2.03. The van der Waals surface area contributed by atoms with Crippen molar-refractivity contribution in [2.45, 2.75) is 18.9 Å². The van der Waals surface area contributed by atoms with Gasteiger partial charge in [0.05, 0.1) is 0 Å². The van der Waals surface area contributed by atoms with Crippen molar-refractivity contribution in [2.75, 3.05) is 27.2 Å². The molecule has 102 valence electrons. The van der Waals surface area contributed by atoms with Crippen LogP contribution in [0.25, 0.3) is 0 Å². The lowest BCUT2D eigenvalue weighted by atomic mass is 9.83. The number of amides is 2. The smallest absolute Gasteiger partial charge is 0.319 e. The third-order valence-electron chi connectivity index (χ3n) is 4.13. The van der Waals surface area contributed by atoms with Crippen molar-refractivity contribution in [2.24, 2.45) is 5.92 Å². The van der Waals surface area contributed by atoms with Crippen LogP contribution < -0.4 is 5.56 Å². The van der Waals surface area contributed by atoms with Crippen LogP contribution in [0.3, 0.4) is 0 Å². The molecular weight excluding hydrogens is 242 g/mol. The van der Waals surface area contributed by atoms with Gasteiger partial charge in [0.25, 0.3) is 5.56 Å². The minimum atomic E-state index is 0.0708. The van der Waals surface area contributed by atoms with E-state index in [1.807, 2.05) is 21.6 Å². The van der Waals surface area contributed by atoms with Crippen LogP contribution in [0.2, 0.25) is 0 Å². The molecule has 0 unspecified atom stereocenters. The van der Waals surface area contributed by atoms with E-state index in [0.717, 1.165) is 31.7 Å². The molecule has 0 aromatic carbocycles. The summed E-state index contributed by atoms with van der Waals surface area (Å²) in [7, 11) is 3.57. The third-order valence-corrected chi connectivity index (χ3v) is 4.13. The van der Waals surface area contributed by atoms with E-state index in [9.17, 15) is 9.59 Å². The Morgan fingerprint density at radius 2 is 2.05 bits per heavy atom. The van der Waals surface area contributed by atoms with E-state index >= 15 is 0 Å². The van der Waals surface area contributed by atoms with Crippen molar-refractivity contribution in [1.29, 1.82) is 0 Å². The molecule has 0 saturated carbocycles. The molecule has 2 aliphatic rings. The van der Waals surface area contributed by atoms with Gasteiger partial charge < -0.3 is 14.4 Å². The van der Waals surface area contributed by atoms with Crippen LogP contribution in [-0.2, 0) is 6.54 Å². The molecule has 5 heteroatoms. The highest BCUT2D eigenvalue weighted by molar-refractivity contribution is 5.74. The highest BCUT2D eigenvalue weighted by atomic mass is 16.2. The summed E-state index contributed by atoms with van der Waals surface area (Å²) < 4.78 is 1.89. The van der Waals surface area contributed by atoms with Gasteiger partial charge in [-0.2, -0.15) is 0 Å². The maximum atomic E-state index is 12.1. The zero-order chi connectivity index (χ0) is 13.6. The normalized spacial score (nSPS) is 24.8. The number of carbonyl (C=O) groups is 1. The van der Waals surface area contributed by atoms with Crippen LogP contribution in [0, 0.1) is 5.92 Å². The largest absolute Gasteiger partial charge is 0.331 e. The number of aromatic nitrogens is 1. The first kappa shape index (κ1) is 12.3. The Hall–Kier alpha value is -1.78. The summed E-state index contributed by atoms with van der Waals surface area (Å²) in [5.41, 5.74) is 1.17. The Morgan fingerprint density at radius 1 is 1.26 bits per heavy atom. The highest BCUT2D eigenvalue weighted by Crippen LogP contribution is 2.35. The topological polar surface area (TPSA) is 45.6 Å². The summed E-state index contributed by atoms with van der Waals surface area (Å²) in [5.74, 6) is 0.695. The molecule has 2 amide bonds. The van der Waals surface area contributed by atoms with Crippen molar-refractivity contribution in [3.05, 3.63) is 34.2 Å². The molecule has 2 bridgehead atoms. The van der Waals surface area contributed by atoms with Gasteiger partial charge in [0.1, 0.15) is 0 Å². The van der Waals surface area contributed by atoms with Crippen LogP contribution in [0.15, 0.2) is 23.0 Å². The molecule has 0 radical (unpaired) electrons. The number of hydrogen-bond acceptors (Lipinski definition) is 2. The second-order valence-electron chi connectivity index (χ2n) is 5.78. The first-order valence-electron chi connectivity index (χ1n) is 6.72. The number of fused-ring (bicyclic) bond motifs is 4. The lowest BCUT2D eigenvalue weighted by Crippen LogP contribution is -2.51. The molecule has 19 heavy (non-hydrogen) atoms. The fraction of sp³-hybridized carbons (Fsp3) is 0.571. The molecule has 0 N–H and O–H groups in total. The quantitative estimate of drug-likeness (QED) is 0.698. The van der Waals surface area contributed by atoms with Gasteiger partial charge in [0.15, 0.2) is 0 Å². The molecule has 2 aliphatic heterocycles. The molecule has 3 rings (SSSR count). The number of pyridine rings is 1. The van der Waals surface area contributed by atoms with Crippen molar-refractivity contribution in [3.8, 4) is 0 Å². The maximum Gasteiger partial charge on any atom is 0.319 e. The Kier molecular flexibility index (Phi) is 2.84. The van der Waals surface area contributed by atoms with Crippen molar-refractivity contribution in [3.63, 3.8) is 0 Å². The summed E-state index contributed by atoms with van der Waals surface area (Å²) in [6.45, 7) is 2.22. The molecule has 1 saturated heterocycles. The van der Waals surface area contributed by atoms with Gasteiger partial charge in [0.2, 0.25) is 0 Å². The van der Waals surface area contributed by atoms with Crippen LogP contribution >= 0.6 is 0 Å². The van der Waals surface area contributed by atoms with E-state index in [4.69, 9.17) is 0 Å².